The monoisotopic (exact) mass is 460 g/mol. The Bertz CT molecular complexity index is 1280. The highest BCUT2D eigenvalue weighted by Gasteiger charge is 2.23. The number of carbonyl (C=O) groups excluding carboxylic acids is 1. The number of hydrogen-bond donors (Lipinski definition) is 1. The zero-order valence-corrected chi connectivity index (χ0v) is 18.7. The van der Waals surface area contributed by atoms with Gasteiger partial charge >= 0.3 is 0 Å². The van der Waals surface area contributed by atoms with Crippen LogP contribution in [-0.4, -0.2) is 33.4 Å². The predicted molar refractivity (Wildman–Crippen MR) is 128 cm³/mol. The summed E-state index contributed by atoms with van der Waals surface area (Å²) in [5.41, 5.74) is 2.20. The number of fused-ring (bicyclic) bond motifs is 1. The molecule has 33 heavy (non-hydrogen) atoms. The summed E-state index contributed by atoms with van der Waals surface area (Å²) in [5.74, 6) is -0.417. The number of carbonyl (C=O) groups is 1. The summed E-state index contributed by atoms with van der Waals surface area (Å²) in [7, 11) is 1.56. The summed E-state index contributed by atoms with van der Waals surface area (Å²) in [6.45, 7) is 0.266. The largest absolute Gasteiger partial charge is 0.755 e. The van der Waals surface area contributed by atoms with Crippen molar-refractivity contribution in [2.75, 3.05) is 18.0 Å². The molecule has 2 atom stereocenters. The van der Waals surface area contributed by atoms with Crippen LogP contribution in [0, 0.1) is 0 Å². The molecule has 2 unspecified atom stereocenters. The molecule has 0 aliphatic carbocycles. The quantitative estimate of drug-likeness (QED) is 0.396. The second kappa shape index (κ2) is 10.4. The van der Waals surface area contributed by atoms with E-state index in [1.807, 2.05) is 42.5 Å². The summed E-state index contributed by atoms with van der Waals surface area (Å²) < 4.78 is 31.2. The highest BCUT2D eigenvalue weighted by molar-refractivity contribution is 7.81. The third kappa shape index (κ3) is 4.93. The Balaban J connectivity index is 1.75. The number of nitrogens with zero attached hydrogens (tertiary/aromatic N) is 2. The second-order valence-corrected chi connectivity index (χ2v) is 8.07. The Morgan fingerprint density at radius 2 is 1.70 bits per heavy atom. The summed E-state index contributed by atoms with van der Waals surface area (Å²) in [5, 5.41) is 3.75. The van der Waals surface area contributed by atoms with Crippen molar-refractivity contribution in [2.24, 2.45) is 0 Å². The molecule has 7 nitrogen and oxygen atoms in total. The average molecular weight is 461 g/mol. The Labute approximate surface area is 194 Å². The minimum absolute atomic E-state index is 0.215. The molecule has 1 aromatic heterocycles. The number of nitrogens with one attached hydrogen (secondary N) is 1. The Kier molecular flexibility index (Phi) is 7.09. The fraction of sp³-hybridized carbons (Fsp3) is 0.120. The first-order valence-corrected chi connectivity index (χ1v) is 11.3. The van der Waals surface area contributed by atoms with E-state index in [0.717, 1.165) is 15.3 Å². The number of methoxy groups -OCH3 is 1. The molecule has 0 saturated heterocycles. The van der Waals surface area contributed by atoms with Crippen molar-refractivity contribution in [1.29, 1.82) is 0 Å². The van der Waals surface area contributed by atoms with Gasteiger partial charge in [0.15, 0.2) is 0 Å². The van der Waals surface area contributed by atoms with E-state index in [1.54, 1.807) is 55.8 Å². The first kappa shape index (κ1) is 22.6. The lowest BCUT2D eigenvalue weighted by Crippen LogP contribution is -2.33. The molecule has 1 N–H and O–H groups in total. The Morgan fingerprint density at radius 1 is 1.00 bits per heavy atom. The van der Waals surface area contributed by atoms with E-state index >= 15 is 0 Å². The third-order valence-corrected chi connectivity index (χ3v) is 5.88. The zero-order chi connectivity index (χ0) is 23.2. The van der Waals surface area contributed by atoms with E-state index in [9.17, 15) is 13.6 Å². The standard InChI is InChI=1S/C25H23N3O4S/c1-32-17-21(18-9-3-2-4-10-18)27-25(29)20-13-5-6-14-22(20)28(33(30)31)23-15-7-11-19-12-8-16-26-24(19)23/h2-16,21H,17H2,1H3,(H,27,29)(H,30,31)/p-1. The van der Waals surface area contributed by atoms with E-state index in [1.165, 1.54) is 0 Å². The van der Waals surface area contributed by atoms with E-state index in [2.05, 4.69) is 10.3 Å². The van der Waals surface area contributed by atoms with Crippen molar-refractivity contribution in [3.63, 3.8) is 0 Å². The number of para-hydroxylation sites is 2. The van der Waals surface area contributed by atoms with Crippen molar-refractivity contribution in [2.45, 2.75) is 6.04 Å². The van der Waals surface area contributed by atoms with Crippen LogP contribution < -0.4 is 9.62 Å². The van der Waals surface area contributed by atoms with Crippen LogP contribution in [0.4, 0.5) is 11.4 Å². The molecule has 3 aromatic carbocycles. The summed E-state index contributed by atoms with van der Waals surface area (Å²) in [4.78, 5) is 17.7. The lowest BCUT2D eigenvalue weighted by Gasteiger charge is -2.29. The van der Waals surface area contributed by atoms with Crippen LogP contribution in [-0.2, 0) is 16.0 Å². The van der Waals surface area contributed by atoms with Gasteiger partial charge in [-0.1, -0.05) is 60.7 Å². The van der Waals surface area contributed by atoms with E-state index in [-0.39, 0.29) is 17.9 Å². The Hall–Kier alpha value is -3.59. The normalized spacial score (nSPS) is 12.8. The molecule has 1 amide bonds. The number of rotatable bonds is 8. The van der Waals surface area contributed by atoms with Gasteiger partial charge in [-0.2, -0.15) is 0 Å². The average Bonchev–Trinajstić information content (AvgIpc) is 2.85. The SMILES string of the molecule is COCC(NC(=O)c1ccccc1N(c1cccc2cccnc12)S(=O)[O-])c1ccccc1. The molecule has 0 radical (unpaired) electrons. The number of ether oxygens (including phenoxy) is 1. The van der Waals surface area contributed by atoms with Gasteiger partial charge in [-0.3, -0.25) is 18.3 Å². The van der Waals surface area contributed by atoms with Gasteiger partial charge in [0, 0.05) is 18.7 Å². The zero-order valence-electron chi connectivity index (χ0n) is 17.9. The number of anilines is 2. The van der Waals surface area contributed by atoms with Gasteiger partial charge in [0.25, 0.3) is 5.91 Å². The number of hydrogen-bond acceptors (Lipinski definition) is 5. The molecule has 1 heterocycles. The van der Waals surface area contributed by atoms with Gasteiger partial charge in [0.2, 0.25) is 0 Å². The molecule has 0 aliphatic heterocycles. The molecule has 8 heteroatoms. The molecule has 4 aromatic rings. The third-order valence-electron chi connectivity index (χ3n) is 5.19. The van der Waals surface area contributed by atoms with Crippen molar-refractivity contribution in [3.8, 4) is 0 Å². The summed E-state index contributed by atoms with van der Waals surface area (Å²) >= 11 is -2.70. The molecule has 0 spiro atoms. The van der Waals surface area contributed by atoms with Gasteiger partial charge in [0.1, 0.15) is 0 Å². The molecular formula is C25H22N3O4S-. The van der Waals surface area contributed by atoms with Crippen molar-refractivity contribution in [1.82, 2.24) is 10.3 Å². The first-order chi connectivity index (χ1) is 16.1. The molecule has 0 bridgehead atoms. The lowest BCUT2D eigenvalue weighted by atomic mass is 10.1. The number of amides is 1. The summed E-state index contributed by atoms with van der Waals surface area (Å²) in [6, 6.07) is 24.5. The van der Waals surface area contributed by atoms with E-state index in [0.29, 0.717) is 11.2 Å². The van der Waals surface area contributed by atoms with Gasteiger partial charge in [-0.05, 0) is 29.8 Å². The fourth-order valence-corrected chi connectivity index (χ4v) is 4.32. The van der Waals surface area contributed by atoms with Crippen molar-refractivity contribution < 1.29 is 18.3 Å². The maximum absolute atomic E-state index is 13.3. The van der Waals surface area contributed by atoms with Gasteiger partial charge < -0.3 is 14.6 Å². The van der Waals surface area contributed by atoms with Gasteiger partial charge in [-0.25, -0.2) is 0 Å². The minimum atomic E-state index is -2.70. The minimum Gasteiger partial charge on any atom is -0.755 e. The van der Waals surface area contributed by atoms with E-state index < -0.39 is 23.2 Å². The van der Waals surface area contributed by atoms with Crippen LogP contribution in [0.3, 0.4) is 0 Å². The highest BCUT2D eigenvalue weighted by atomic mass is 32.2. The maximum atomic E-state index is 13.3. The van der Waals surface area contributed by atoms with Crippen LogP contribution in [0.15, 0.2) is 91.1 Å². The molecule has 4 rings (SSSR count). The molecule has 168 valence electrons. The van der Waals surface area contributed by atoms with Crippen molar-refractivity contribution >= 4 is 39.5 Å². The van der Waals surface area contributed by atoms with Gasteiger partial charge in [-0.15, -0.1) is 0 Å². The van der Waals surface area contributed by atoms with Gasteiger partial charge in [0.05, 0.1) is 46.4 Å². The van der Waals surface area contributed by atoms with Crippen LogP contribution in [0.1, 0.15) is 22.0 Å². The van der Waals surface area contributed by atoms with Crippen LogP contribution in [0.5, 0.6) is 0 Å². The predicted octanol–water partition coefficient (Wildman–Crippen LogP) is 4.28. The second-order valence-electron chi connectivity index (χ2n) is 7.27. The van der Waals surface area contributed by atoms with Crippen LogP contribution in [0.2, 0.25) is 0 Å². The van der Waals surface area contributed by atoms with Crippen LogP contribution >= 0.6 is 0 Å². The lowest BCUT2D eigenvalue weighted by molar-refractivity contribution is 0.0897. The molecule has 0 fully saturated rings. The molecule has 0 saturated carbocycles. The topological polar surface area (TPSA) is 94.6 Å². The number of benzene rings is 3. The molecule has 0 aliphatic rings. The smallest absolute Gasteiger partial charge is 0.253 e. The Morgan fingerprint density at radius 3 is 2.45 bits per heavy atom. The van der Waals surface area contributed by atoms with Crippen molar-refractivity contribution in [3.05, 3.63) is 102 Å². The fourth-order valence-electron chi connectivity index (χ4n) is 3.69. The number of pyridine rings is 1. The maximum Gasteiger partial charge on any atom is 0.253 e. The first-order valence-electron chi connectivity index (χ1n) is 10.3. The highest BCUT2D eigenvalue weighted by Crippen LogP contribution is 2.34. The summed E-state index contributed by atoms with van der Waals surface area (Å²) in [6.07, 6.45) is 1.60. The van der Waals surface area contributed by atoms with E-state index in [4.69, 9.17) is 4.74 Å². The number of aromatic nitrogens is 1. The van der Waals surface area contributed by atoms with Crippen LogP contribution in [0.25, 0.3) is 10.9 Å². The molecular weight excluding hydrogens is 438 g/mol.